The quantitative estimate of drug-likeness (QED) is 0.295. The van der Waals surface area contributed by atoms with Crippen molar-refractivity contribution >= 4 is 11.7 Å². The average Bonchev–Trinajstić information content (AvgIpc) is 3.36. The molecule has 0 fully saturated rings. The lowest BCUT2D eigenvalue weighted by Crippen LogP contribution is -2.51. The van der Waals surface area contributed by atoms with Crippen LogP contribution >= 0.6 is 0 Å². The summed E-state index contributed by atoms with van der Waals surface area (Å²) in [5.74, 6) is -0.0166. The summed E-state index contributed by atoms with van der Waals surface area (Å²) in [6, 6.07) is 15.4. The van der Waals surface area contributed by atoms with E-state index in [1.54, 1.807) is 24.3 Å². The summed E-state index contributed by atoms with van der Waals surface area (Å²) in [4.78, 5) is 12.7. The summed E-state index contributed by atoms with van der Waals surface area (Å²) in [5, 5.41) is 3.36. The van der Waals surface area contributed by atoms with E-state index in [1.807, 2.05) is 32.0 Å². The first-order valence-corrected chi connectivity index (χ1v) is 11.5. The zero-order valence-electron chi connectivity index (χ0n) is 19.7. The lowest BCUT2D eigenvalue weighted by Gasteiger charge is -2.43. The number of anilines is 1. The van der Waals surface area contributed by atoms with Gasteiger partial charge < -0.3 is 23.9 Å². The number of fused-ring (bicyclic) bond motifs is 1. The number of benzene rings is 2. The zero-order valence-corrected chi connectivity index (χ0v) is 19.7. The number of furan rings is 1. The molecule has 2 unspecified atom stereocenters. The summed E-state index contributed by atoms with van der Waals surface area (Å²) >= 11 is 0. The summed E-state index contributed by atoms with van der Waals surface area (Å²) in [6.07, 6.45) is 2.09. The van der Waals surface area contributed by atoms with Crippen molar-refractivity contribution in [2.24, 2.45) is 0 Å². The highest BCUT2D eigenvalue weighted by molar-refractivity contribution is 5.86. The van der Waals surface area contributed by atoms with E-state index in [-0.39, 0.29) is 11.6 Å². The fourth-order valence-electron chi connectivity index (χ4n) is 3.95. The second kappa shape index (κ2) is 10.3. The van der Waals surface area contributed by atoms with Gasteiger partial charge in [0.05, 0.1) is 6.26 Å². The minimum absolute atomic E-state index is 0.128. The molecule has 0 radical (unpaired) electrons. The van der Waals surface area contributed by atoms with E-state index in [4.69, 9.17) is 18.6 Å². The van der Waals surface area contributed by atoms with Crippen LogP contribution in [0, 0.1) is 5.82 Å². The minimum Gasteiger partial charge on any atom is -0.483 e. The number of rotatable bonds is 9. The molecule has 0 amide bonds. The van der Waals surface area contributed by atoms with E-state index in [0.717, 1.165) is 29.7 Å². The molecular weight excluding hydrogens is 437 g/mol. The highest BCUT2D eigenvalue weighted by atomic mass is 19.1. The number of esters is 1. The summed E-state index contributed by atoms with van der Waals surface area (Å²) < 4.78 is 36.9. The molecule has 7 heteroatoms. The van der Waals surface area contributed by atoms with Crippen LogP contribution in [0.15, 0.2) is 65.3 Å². The van der Waals surface area contributed by atoms with Gasteiger partial charge in [-0.3, -0.25) is 0 Å². The topological polar surface area (TPSA) is 69.9 Å². The van der Waals surface area contributed by atoms with Crippen molar-refractivity contribution in [2.75, 3.05) is 11.9 Å². The fraction of sp³-hybridized carbons (Fsp3) is 0.370. The molecule has 6 nitrogen and oxygen atoms in total. The molecule has 1 aliphatic heterocycles. The predicted molar refractivity (Wildman–Crippen MR) is 126 cm³/mol. The average molecular weight is 468 g/mol. The highest BCUT2D eigenvalue weighted by Gasteiger charge is 2.47. The lowest BCUT2D eigenvalue weighted by molar-refractivity contribution is -0.140. The predicted octanol–water partition coefficient (Wildman–Crippen LogP) is 6.29. The normalized spacial score (nSPS) is 18.6. The van der Waals surface area contributed by atoms with E-state index in [0.29, 0.717) is 18.9 Å². The van der Waals surface area contributed by atoms with Gasteiger partial charge in [-0.25, -0.2) is 9.18 Å². The van der Waals surface area contributed by atoms with Crippen molar-refractivity contribution in [2.45, 2.75) is 58.0 Å². The van der Waals surface area contributed by atoms with Crippen LogP contribution in [0.25, 0.3) is 0 Å². The van der Waals surface area contributed by atoms with Crippen LogP contribution in [0.5, 0.6) is 5.75 Å². The number of hydrogen-bond acceptors (Lipinski definition) is 6. The van der Waals surface area contributed by atoms with Gasteiger partial charge in [-0.05, 0) is 68.3 Å². The molecule has 2 aromatic carbocycles. The third-order valence-corrected chi connectivity index (χ3v) is 5.81. The highest BCUT2D eigenvalue weighted by Crippen LogP contribution is 2.44. The Kier molecular flexibility index (Phi) is 7.22. The van der Waals surface area contributed by atoms with Crippen LogP contribution in [-0.4, -0.2) is 24.3 Å². The van der Waals surface area contributed by atoms with E-state index in [1.165, 1.54) is 18.4 Å². The molecule has 0 bridgehead atoms. The second-order valence-corrected chi connectivity index (χ2v) is 8.89. The maximum Gasteiger partial charge on any atom is 0.374 e. The maximum absolute atomic E-state index is 13.2. The number of unbranched alkanes of at least 4 members (excludes halogenated alkanes) is 1. The van der Waals surface area contributed by atoms with Crippen LogP contribution in [0.1, 0.15) is 61.4 Å². The molecule has 4 rings (SSSR count). The Labute approximate surface area is 199 Å². The van der Waals surface area contributed by atoms with Gasteiger partial charge >= 0.3 is 5.97 Å². The smallest absolute Gasteiger partial charge is 0.374 e. The van der Waals surface area contributed by atoms with Crippen LogP contribution in [-0.2, 0) is 16.0 Å². The molecule has 2 atom stereocenters. The molecule has 0 saturated carbocycles. The Morgan fingerprint density at radius 2 is 1.94 bits per heavy atom. The zero-order chi connectivity index (χ0) is 24.1. The van der Waals surface area contributed by atoms with Crippen LogP contribution in [0.3, 0.4) is 0 Å². The van der Waals surface area contributed by atoms with Crippen molar-refractivity contribution in [1.29, 1.82) is 0 Å². The van der Waals surface area contributed by atoms with Gasteiger partial charge in [-0.1, -0.05) is 25.5 Å². The van der Waals surface area contributed by atoms with Gasteiger partial charge in [0.2, 0.25) is 5.76 Å². The standard InChI is InChI=1S/C27H30FNO5/c1-4-5-14-32-24-21-16-20(29-17-18-8-10-19(28)11-9-18)12-13-22(21)34-27(2,3)25(24)33-26(30)23-7-6-15-31-23/h6-13,15-16,24-25,29H,4-5,14,17H2,1-3H3. The molecule has 1 aliphatic rings. The Morgan fingerprint density at radius 1 is 1.15 bits per heavy atom. The number of nitrogens with one attached hydrogen (secondary N) is 1. The largest absolute Gasteiger partial charge is 0.483 e. The minimum atomic E-state index is -0.824. The van der Waals surface area contributed by atoms with Crippen molar-refractivity contribution < 1.29 is 27.8 Å². The van der Waals surface area contributed by atoms with Crippen molar-refractivity contribution in [3.8, 4) is 5.75 Å². The SMILES string of the molecule is CCCCOC1c2cc(NCc3ccc(F)cc3)ccc2OC(C)(C)C1OC(=O)c1ccco1. The third-order valence-electron chi connectivity index (χ3n) is 5.81. The van der Waals surface area contributed by atoms with E-state index in [2.05, 4.69) is 12.2 Å². The van der Waals surface area contributed by atoms with Crippen molar-refractivity contribution in [1.82, 2.24) is 0 Å². The first-order valence-electron chi connectivity index (χ1n) is 11.5. The number of carbonyl (C=O) groups is 1. The first kappa shape index (κ1) is 23.8. The monoisotopic (exact) mass is 467 g/mol. The molecule has 0 saturated heterocycles. The van der Waals surface area contributed by atoms with Gasteiger partial charge in [-0.2, -0.15) is 0 Å². The fourth-order valence-corrected chi connectivity index (χ4v) is 3.95. The van der Waals surface area contributed by atoms with Crippen LogP contribution < -0.4 is 10.1 Å². The molecule has 1 N–H and O–H groups in total. The van der Waals surface area contributed by atoms with Gasteiger partial charge in [0.15, 0.2) is 6.10 Å². The first-order chi connectivity index (χ1) is 16.4. The van der Waals surface area contributed by atoms with Crippen LogP contribution in [0.4, 0.5) is 10.1 Å². The summed E-state index contributed by atoms with van der Waals surface area (Å²) in [5.41, 5.74) is 1.79. The Hall–Kier alpha value is -3.32. The Balaban J connectivity index is 1.60. The summed E-state index contributed by atoms with van der Waals surface area (Å²) in [7, 11) is 0. The van der Waals surface area contributed by atoms with Gasteiger partial charge in [0, 0.05) is 24.4 Å². The summed E-state index contributed by atoms with van der Waals surface area (Å²) in [6.45, 7) is 6.92. The van der Waals surface area contributed by atoms with Crippen molar-refractivity contribution in [3.63, 3.8) is 0 Å². The number of carbonyl (C=O) groups excluding carboxylic acids is 1. The molecule has 34 heavy (non-hydrogen) atoms. The van der Waals surface area contributed by atoms with Crippen LogP contribution in [0.2, 0.25) is 0 Å². The maximum atomic E-state index is 13.2. The lowest BCUT2D eigenvalue weighted by atomic mass is 9.87. The van der Waals surface area contributed by atoms with Gasteiger partial charge in [0.25, 0.3) is 0 Å². The van der Waals surface area contributed by atoms with E-state index >= 15 is 0 Å². The number of hydrogen-bond donors (Lipinski definition) is 1. The molecule has 2 heterocycles. The second-order valence-electron chi connectivity index (χ2n) is 8.89. The molecular formula is C27H30FNO5. The molecule has 0 spiro atoms. The van der Waals surface area contributed by atoms with Gasteiger partial charge in [0.1, 0.15) is 23.3 Å². The molecule has 180 valence electrons. The van der Waals surface area contributed by atoms with E-state index < -0.39 is 23.8 Å². The van der Waals surface area contributed by atoms with Gasteiger partial charge in [-0.15, -0.1) is 0 Å². The number of ether oxygens (including phenoxy) is 3. The Bertz CT molecular complexity index is 1090. The third kappa shape index (κ3) is 5.42. The van der Waals surface area contributed by atoms with E-state index in [9.17, 15) is 9.18 Å². The molecule has 0 aliphatic carbocycles. The Morgan fingerprint density at radius 3 is 2.65 bits per heavy atom. The molecule has 1 aromatic heterocycles. The van der Waals surface area contributed by atoms with Crippen molar-refractivity contribution in [3.05, 3.63) is 83.6 Å². The molecule has 3 aromatic rings. The number of halogens is 1.